The number of H-pyrrole nitrogens is 1. The Balaban J connectivity index is 2.32. The van der Waals surface area contributed by atoms with Gasteiger partial charge in [-0.1, -0.05) is 11.6 Å². The summed E-state index contributed by atoms with van der Waals surface area (Å²) in [5, 5.41) is 21.4. The van der Waals surface area contributed by atoms with Crippen LogP contribution < -0.4 is 5.32 Å². The van der Waals surface area contributed by atoms with Gasteiger partial charge in [-0.3, -0.25) is 14.6 Å². The fourth-order valence-electron chi connectivity index (χ4n) is 1.40. The summed E-state index contributed by atoms with van der Waals surface area (Å²) in [7, 11) is 1.47. The third-order valence-corrected chi connectivity index (χ3v) is 2.50. The molecule has 94 valence electrons. The van der Waals surface area contributed by atoms with Gasteiger partial charge in [-0.05, 0) is 0 Å². The number of nitrogens with zero attached hydrogens (tertiary/aromatic N) is 3. The molecule has 1 amide bonds. The van der Waals surface area contributed by atoms with E-state index in [2.05, 4.69) is 20.6 Å². The van der Waals surface area contributed by atoms with Crippen LogP contribution in [0.1, 0.15) is 20.8 Å². The number of nitrogens with one attached hydrogen (secondary N) is 2. The predicted octanol–water partition coefficient (Wildman–Crippen LogP) is 0.747. The Morgan fingerprint density at radius 2 is 2.22 bits per heavy atom. The highest BCUT2D eigenvalue weighted by Crippen LogP contribution is 2.18. The largest absolute Gasteiger partial charge is 0.478 e. The molecule has 18 heavy (non-hydrogen) atoms. The average Bonchev–Trinajstić information content (AvgIpc) is 2.86. The van der Waals surface area contributed by atoms with E-state index in [1.54, 1.807) is 0 Å². The standard InChI is InChI=1S/C9H8ClN5O3/c1-15-6(4(2-12-15)9(17)18)8(16)13-7-5(10)3-11-14-7/h2-3H,1H3,(H,17,18)(H2,11,13,14,16). The molecule has 0 aliphatic heterocycles. The minimum Gasteiger partial charge on any atom is -0.478 e. The molecule has 0 atom stereocenters. The van der Waals surface area contributed by atoms with Crippen molar-refractivity contribution in [2.45, 2.75) is 0 Å². The Hall–Kier alpha value is -2.35. The van der Waals surface area contributed by atoms with Crippen LogP contribution in [-0.2, 0) is 7.05 Å². The second-order valence-corrected chi connectivity index (χ2v) is 3.79. The van der Waals surface area contributed by atoms with Crippen LogP contribution in [0.3, 0.4) is 0 Å². The summed E-state index contributed by atoms with van der Waals surface area (Å²) in [6, 6.07) is 0. The average molecular weight is 270 g/mol. The van der Waals surface area contributed by atoms with Crippen molar-refractivity contribution in [1.82, 2.24) is 20.0 Å². The highest BCUT2D eigenvalue weighted by atomic mass is 35.5. The fraction of sp³-hybridized carbons (Fsp3) is 0.111. The number of hydrogen-bond donors (Lipinski definition) is 3. The van der Waals surface area contributed by atoms with Gasteiger partial charge < -0.3 is 10.4 Å². The van der Waals surface area contributed by atoms with Crippen LogP contribution >= 0.6 is 11.6 Å². The molecule has 8 nitrogen and oxygen atoms in total. The number of anilines is 1. The molecule has 2 aromatic rings. The topological polar surface area (TPSA) is 113 Å². The van der Waals surface area contributed by atoms with Gasteiger partial charge in [0.2, 0.25) is 0 Å². The normalized spacial score (nSPS) is 10.3. The molecule has 0 bridgehead atoms. The first-order valence-corrected chi connectivity index (χ1v) is 5.14. The van der Waals surface area contributed by atoms with Gasteiger partial charge in [0.05, 0.1) is 12.4 Å². The summed E-state index contributed by atoms with van der Waals surface area (Å²) in [6.07, 6.45) is 2.42. The van der Waals surface area contributed by atoms with E-state index in [1.165, 1.54) is 17.9 Å². The lowest BCUT2D eigenvalue weighted by molar-refractivity contribution is 0.0692. The highest BCUT2D eigenvalue weighted by Gasteiger charge is 2.22. The molecule has 0 unspecified atom stereocenters. The zero-order valence-electron chi connectivity index (χ0n) is 9.14. The van der Waals surface area contributed by atoms with E-state index in [0.717, 1.165) is 6.20 Å². The third-order valence-electron chi connectivity index (χ3n) is 2.22. The second-order valence-electron chi connectivity index (χ2n) is 3.38. The number of aromatic amines is 1. The molecular formula is C9H8ClN5O3. The van der Waals surface area contributed by atoms with Gasteiger partial charge >= 0.3 is 5.97 Å². The summed E-state index contributed by atoms with van der Waals surface area (Å²) >= 11 is 5.74. The van der Waals surface area contributed by atoms with Crippen molar-refractivity contribution < 1.29 is 14.7 Å². The van der Waals surface area contributed by atoms with Gasteiger partial charge in [-0.2, -0.15) is 10.2 Å². The molecule has 0 aliphatic rings. The number of amides is 1. The molecule has 9 heteroatoms. The van der Waals surface area contributed by atoms with E-state index in [4.69, 9.17) is 16.7 Å². The minimum atomic E-state index is -1.23. The van der Waals surface area contributed by atoms with Crippen molar-refractivity contribution in [3.63, 3.8) is 0 Å². The molecule has 2 heterocycles. The van der Waals surface area contributed by atoms with Crippen LogP contribution in [0.4, 0.5) is 5.82 Å². The maximum absolute atomic E-state index is 11.9. The van der Waals surface area contributed by atoms with E-state index < -0.39 is 11.9 Å². The minimum absolute atomic E-state index is 0.0758. The van der Waals surface area contributed by atoms with E-state index in [-0.39, 0.29) is 22.1 Å². The number of carbonyl (C=O) groups excluding carboxylic acids is 1. The summed E-state index contributed by atoms with van der Waals surface area (Å²) in [4.78, 5) is 22.9. The first-order valence-electron chi connectivity index (χ1n) is 4.76. The highest BCUT2D eigenvalue weighted by molar-refractivity contribution is 6.33. The summed E-state index contributed by atoms with van der Waals surface area (Å²) < 4.78 is 1.17. The molecule has 0 fully saturated rings. The number of hydrogen-bond acceptors (Lipinski definition) is 4. The maximum Gasteiger partial charge on any atom is 0.339 e. The first-order chi connectivity index (χ1) is 8.50. The lowest BCUT2D eigenvalue weighted by atomic mass is 10.2. The Bertz CT molecular complexity index is 618. The zero-order chi connectivity index (χ0) is 13.3. The monoisotopic (exact) mass is 269 g/mol. The van der Waals surface area contributed by atoms with Crippen LogP contribution in [0.25, 0.3) is 0 Å². The van der Waals surface area contributed by atoms with Crippen LogP contribution in [-0.4, -0.2) is 37.0 Å². The summed E-state index contributed by atoms with van der Waals surface area (Å²) in [5.41, 5.74) is -0.265. The predicted molar refractivity (Wildman–Crippen MR) is 61.7 cm³/mol. The molecule has 0 radical (unpaired) electrons. The smallest absolute Gasteiger partial charge is 0.339 e. The van der Waals surface area contributed by atoms with Gasteiger partial charge in [0, 0.05) is 7.05 Å². The van der Waals surface area contributed by atoms with Crippen LogP contribution in [0.15, 0.2) is 12.4 Å². The summed E-state index contributed by atoms with van der Waals surface area (Å²) in [5.74, 6) is -1.68. The molecule has 0 aliphatic carbocycles. The number of aromatic nitrogens is 4. The van der Waals surface area contributed by atoms with Gasteiger partial charge in [-0.15, -0.1) is 0 Å². The Morgan fingerprint density at radius 3 is 2.78 bits per heavy atom. The van der Waals surface area contributed by atoms with Crippen molar-refractivity contribution in [3.8, 4) is 0 Å². The van der Waals surface area contributed by atoms with E-state index >= 15 is 0 Å². The Kier molecular flexibility index (Phi) is 3.02. The number of carboxylic acids is 1. The van der Waals surface area contributed by atoms with E-state index in [0.29, 0.717) is 0 Å². The van der Waals surface area contributed by atoms with E-state index in [1.807, 2.05) is 0 Å². The maximum atomic E-state index is 11.9. The number of aromatic carboxylic acids is 1. The number of aryl methyl sites for hydroxylation is 1. The van der Waals surface area contributed by atoms with Crippen LogP contribution in [0.5, 0.6) is 0 Å². The van der Waals surface area contributed by atoms with Gasteiger partial charge in [0.25, 0.3) is 5.91 Å². The molecular weight excluding hydrogens is 262 g/mol. The van der Waals surface area contributed by atoms with E-state index in [9.17, 15) is 9.59 Å². The lowest BCUT2D eigenvalue weighted by Crippen LogP contribution is -2.19. The molecule has 0 aromatic carbocycles. The Morgan fingerprint density at radius 1 is 1.50 bits per heavy atom. The third kappa shape index (κ3) is 2.05. The quantitative estimate of drug-likeness (QED) is 0.761. The lowest BCUT2D eigenvalue weighted by Gasteiger charge is -2.04. The molecule has 2 aromatic heterocycles. The molecule has 3 N–H and O–H groups in total. The van der Waals surface area contributed by atoms with Gasteiger partial charge in [0.1, 0.15) is 22.1 Å². The summed E-state index contributed by atoms with van der Waals surface area (Å²) in [6.45, 7) is 0. The molecule has 0 saturated carbocycles. The van der Waals surface area contributed by atoms with Crippen LogP contribution in [0.2, 0.25) is 5.02 Å². The number of halogens is 1. The molecule has 0 spiro atoms. The van der Waals surface area contributed by atoms with Crippen molar-refractivity contribution in [2.24, 2.45) is 7.05 Å². The zero-order valence-corrected chi connectivity index (χ0v) is 9.89. The van der Waals surface area contributed by atoms with Crippen molar-refractivity contribution in [2.75, 3.05) is 5.32 Å². The SMILES string of the molecule is Cn1ncc(C(=O)O)c1C(=O)Nc1[nH]ncc1Cl. The fourth-order valence-corrected chi connectivity index (χ4v) is 1.53. The molecule has 0 saturated heterocycles. The van der Waals surface area contributed by atoms with Gasteiger partial charge in [0.15, 0.2) is 0 Å². The second kappa shape index (κ2) is 4.49. The number of rotatable bonds is 3. The number of carboxylic acid groups (broad SMARTS) is 1. The van der Waals surface area contributed by atoms with Crippen molar-refractivity contribution in [1.29, 1.82) is 0 Å². The first kappa shape index (κ1) is 12.1. The van der Waals surface area contributed by atoms with Crippen molar-refractivity contribution >= 4 is 29.3 Å². The Labute approximate surface area is 106 Å². The number of carbonyl (C=O) groups is 2. The van der Waals surface area contributed by atoms with Gasteiger partial charge in [-0.25, -0.2) is 4.79 Å². The molecule has 2 rings (SSSR count). The van der Waals surface area contributed by atoms with Crippen molar-refractivity contribution in [3.05, 3.63) is 28.7 Å². The van der Waals surface area contributed by atoms with Crippen LogP contribution in [0, 0.1) is 0 Å².